The third-order valence-corrected chi connectivity index (χ3v) is 2.51. The summed E-state index contributed by atoms with van der Waals surface area (Å²) in [5, 5.41) is 20.1. The van der Waals surface area contributed by atoms with Crippen molar-refractivity contribution in [2.75, 3.05) is 6.61 Å². The Morgan fingerprint density at radius 2 is 2.38 bits per heavy atom. The summed E-state index contributed by atoms with van der Waals surface area (Å²) in [6.45, 7) is 1.62. The zero-order valence-electron chi connectivity index (χ0n) is 7.71. The first-order valence-electron chi connectivity index (χ1n) is 4.48. The zero-order chi connectivity index (χ0) is 9.90. The van der Waals surface area contributed by atoms with Gasteiger partial charge < -0.3 is 10.4 Å². The van der Waals surface area contributed by atoms with E-state index in [1.54, 1.807) is 6.92 Å². The van der Waals surface area contributed by atoms with E-state index < -0.39 is 5.41 Å². The highest BCUT2D eigenvalue weighted by Crippen LogP contribution is 2.40. The van der Waals surface area contributed by atoms with Gasteiger partial charge in [-0.15, -0.1) is 0 Å². The molecule has 0 aromatic carbocycles. The molecule has 4 heteroatoms. The Labute approximate surface area is 77.6 Å². The minimum Gasteiger partial charge on any atom is -0.394 e. The van der Waals surface area contributed by atoms with Gasteiger partial charge >= 0.3 is 0 Å². The van der Waals surface area contributed by atoms with Crippen molar-refractivity contribution in [2.45, 2.75) is 32.2 Å². The number of carbonyl (C=O) groups excluding carboxylic acids is 1. The Hall–Kier alpha value is -1.08. The van der Waals surface area contributed by atoms with Gasteiger partial charge in [-0.1, -0.05) is 0 Å². The van der Waals surface area contributed by atoms with Gasteiger partial charge in [-0.3, -0.25) is 4.79 Å². The van der Waals surface area contributed by atoms with Gasteiger partial charge in [0.25, 0.3) is 0 Å². The second-order valence-corrected chi connectivity index (χ2v) is 3.60. The normalized spacial score (nSPS) is 21.0. The van der Waals surface area contributed by atoms with Gasteiger partial charge in [-0.05, 0) is 26.2 Å². The highest BCUT2D eigenvalue weighted by atomic mass is 16.3. The van der Waals surface area contributed by atoms with E-state index in [1.807, 2.05) is 0 Å². The number of aliphatic hydroxyl groups is 1. The number of hydrogen-bond donors (Lipinski definition) is 2. The van der Waals surface area contributed by atoms with Gasteiger partial charge in [0.05, 0.1) is 12.7 Å². The maximum atomic E-state index is 11.5. The molecule has 0 radical (unpaired) electrons. The van der Waals surface area contributed by atoms with E-state index in [4.69, 9.17) is 10.4 Å². The van der Waals surface area contributed by atoms with Crippen molar-refractivity contribution >= 4 is 5.91 Å². The molecule has 13 heavy (non-hydrogen) atoms. The molecule has 0 unspecified atom stereocenters. The number of nitrogens with one attached hydrogen (secondary N) is 1. The van der Waals surface area contributed by atoms with Crippen LogP contribution in [0.25, 0.3) is 0 Å². The van der Waals surface area contributed by atoms with Crippen molar-refractivity contribution < 1.29 is 9.90 Å². The van der Waals surface area contributed by atoms with E-state index in [1.165, 1.54) is 0 Å². The van der Waals surface area contributed by atoms with Gasteiger partial charge in [-0.25, -0.2) is 0 Å². The molecule has 1 rings (SSSR count). The fourth-order valence-corrected chi connectivity index (χ4v) is 1.33. The summed E-state index contributed by atoms with van der Waals surface area (Å²) in [5.41, 5.74) is -0.802. The average Bonchev–Trinajstić information content (AvgIpc) is 2.03. The second-order valence-electron chi connectivity index (χ2n) is 3.60. The number of rotatable bonds is 3. The molecule has 2 N–H and O–H groups in total. The summed E-state index contributed by atoms with van der Waals surface area (Å²) in [4.78, 5) is 11.5. The number of nitrogens with zero attached hydrogens (tertiary/aromatic N) is 1. The van der Waals surface area contributed by atoms with E-state index in [9.17, 15) is 4.79 Å². The molecule has 1 amide bonds. The predicted molar refractivity (Wildman–Crippen MR) is 46.6 cm³/mol. The van der Waals surface area contributed by atoms with Crippen LogP contribution in [0.1, 0.15) is 26.2 Å². The van der Waals surface area contributed by atoms with Crippen LogP contribution < -0.4 is 5.32 Å². The SMILES string of the molecule is C[C@H](CO)NC(=O)C1(C#N)CCC1. The summed E-state index contributed by atoms with van der Waals surface area (Å²) in [6.07, 6.45) is 2.23. The number of amides is 1. The van der Waals surface area contributed by atoms with E-state index in [-0.39, 0.29) is 18.6 Å². The molecule has 0 aromatic heterocycles. The van der Waals surface area contributed by atoms with Gasteiger partial charge in [0.15, 0.2) is 0 Å². The van der Waals surface area contributed by atoms with Gasteiger partial charge in [0, 0.05) is 6.04 Å². The molecule has 4 nitrogen and oxygen atoms in total. The van der Waals surface area contributed by atoms with Crippen molar-refractivity contribution in [1.82, 2.24) is 5.32 Å². The summed E-state index contributed by atoms with van der Waals surface area (Å²) in [6, 6.07) is 1.79. The molecule has 0 heterocycles. The molecule has 0 aliphatic heterocycles. The third kappa shape index (κ3) is 1.81. The van der Waals surface area contributed by atoms with Crippen LogP contribution in [-0.2, 0) is 4.79 Å². The van der Waals surface area contributed by atoms with Gasteiger partial charge in [-0.2, -0.15) is 5.26 Å². The van der Waals surface area contributed by atoms with E-state index in [0.717, 1.165) is 6.42 Å². The largest absolute Gasteiger partial charge is 0.394 e. The topological polar surface area (TPSA) is 73.1 Å². The molecule has 1 atom stereocenters. The standard InChI is InChI=1S/C9H14N2O2/c1-7(5-12)11-8(13)9(6-10)3-2-4-9/h7,12H,2-5H2,1H3,(H,11,13)/t7-/m1/s1. The third-order valence-electron chi connectivity index (χ3n) is 2.51. The fourth-order valence-electron chi connectivity index (χ4n) is 1.33. The molecule has 0 bridgehead atoms. The fraction of sp³-hybridized carbons (Fsp3) is 0.778. The molecule has 0 aromatic rings. The molecule has 0 saturated heterocycles. The maximum absolute atomic E-state index is 11.5. The van der Waals surface area contributed by atoms with E-state index in [0.29, 0.717) is 12.8 Å². The van der Waals surface area contributed by atoms with Crippen molar-refractivity contribution in [2.24, 2.45) is 5.41 Å². The first-order chi connectivity index (χ1) is 6.14. The molecule has 1 aliphatic rings. The average molecular weight is 182 g/mol. The van der Waals surface area contributed by atoms with Crippen LogP contribution in [0.3, 0.4) is 0 Å². The quantitative estimate of drug-likeness (QED) is 0.653. The second kappa shape index (κ2) is 3.75. The lowest BCUT2D eigenvalue weighted by Gasteiger charge is -2.34. The van der Waals surface area contributed by atoms with Crippen molar-refractivity contribution in [3.05, 3.63) is 0 Å². The highest BCUT2D eigenvalue weighted by Gasteiger charge is 2.44. The number of aliphatic hydroxyl groups excluding tert-OH is 1. The molecular formula is C9H14N2O2. The highest BCUT2D eigenvalue weighted by molar-refractivity contribution is 5.86. The molecule has 1 fully saturated rings. The van der Waals surface area contributed by atoms with Crippen LogP contribution in [0.15, 0.2) is 0 Å². The Morgan fingerprint density at radius 1 is 1.77 bits per heavy atom. The molecule has 0 spiro atoms. The molecule has 1 aliphatic carbocycles. The number of carbonyl (C=O) groups is 1. The number of nitriles is 1. The number of hydrogen-bond acceptors (Lipinski definition) is 3. The van der Waals surface area contributed by atoms with Gasteiger partial charge in [0.1, 0.15) is 5.41 Å². The smallest absolute Gasteiger partial charge is 0.240 e. The Balaban J connectivity index is 2.52. The molecular weight excluding hydrogens is 168 g/mol. The lowest BCUT2D eigenvalue weighted by molar-refractivity contribution is -0.132. The lowest BCUT2D eigenvalue weighted by atomic mass is 9.69. The van der Waals surface area contributed by atoms with E-state index >= 15 is 0 Å². The summed E-state index contributed by atoms with van der Waals surface area (Å²) < 4.78 is 0. The van der Waals surface area contributed by atoms with Crippen LogP contribution >= 0.6 is 0 Å². The summed E-state index contributed by atoms with van der Waals surface area (Å²) in [7, 11) is 0. The van der Waals surface area contributed by atoms with E-state index in [2.05, 4.69) is 11.4 Å². The van der Waals surface area contributed by atoms with Crippen molar-refractivity contribution in [3.8, 4) is 6.07 Å². The molecule has 1 saturated carbocycles. The Kier molecular flexibility index (Phi) is 2.89. The minimum atomic E-state index is -0.802. The Bertz CT molecular complexity index is 240. The first kappa shape index (κ1) is 10.0. The van der Waals surface area contributed by atoms with Crippen LogP contribution in [0.4, 0.5) is 0 Å². The maximum Gasteiger partial charge on any atom is 0.240 e. The zero-order valence-corrected chi connectivity index (χ0v) is 7.71. The van der Waals surface area contributed by atoms with Crippen molar-refractivity contribution in [3.63, 3.8) is 0 Å². The summed E-state index contributed by atoms with van der Waals surface area (Å²) in [5.74, 6) is -0.234. The van der Waals surface area contributed by atoms with Crippen LogP contribution in [0, 0.1) is 16.7 Å². The van der Waals surface area contributed by atoms with Crippen LogP contribution in [0.2, 0.25) is 0 Å². The van der Waals surface area contributed by atoms with Crippen molar-refractivity contribution in [1.29, 1.82) is 5.26 Å². The van der Waals surface area contributed by atoms with Crippen LogP contribution in [-0.4, -0.2) is 23.7 Å². The summed E-state index contributed by atoms with van der Waals surface area (Å²) >= 11 is 0. The predicted octanol–water partition coefficient (Wildman–Crippen LogP) is 0.177. The molecule has 72 valence electrons. The minimum absolute atomic E-state index is 0.0900. The Morgan fingerprint density at radius 3 is 2.69 bits per heavy atom. The monoisotopic (exact) mass is 182 g/mol. The van der Waals surface area contributed by atoms with Gasteiger partial charge in [0.2, 0.25) is 5.91 Å². The lowest BCUT2D eigenvalue weighted by Crippen LogP contribution is -2.48. The van der Waals surface area contributed by atoms with Crippen LogP contribution in [0.5, 0.6) is 0 Å². The first-order valence-corrected chi connectivity index (χ1v) is 4.48.